The van der Waals surface area contributed by atoms with Crippen LogP contribution in [0.5, 0.6) is 0 Å². The number of hydrogen-bond acceptors (Lipinski definition) is 3. The quantitative estimate of drug-likeness (QED) is 0.436. The van der Waals surface area contributed by atoms with E-state index in [0.29, 0.717) is 23.3 Å². The predicted octanol–water partition coefficient (Wildman–Crippen LogP) is 6.97. The number of rotatable bonds is 2. The third-order valence-electron chi connectivity index (χ3n) is 12.9. The molecule has 5 aliphatic carbocycles. The molecule has 1 N–H and O–H groups in total. The van der Waals surface area contributed by atoms with Crippen LogP contribution in [0.4, 0.5) is 0 Å². The Hall–Kier alpha value is -1.89. The highest BCUT2D eigenvalue weighted by Crippen LogP contribution is 2.77. The number of carbonyl (C=O) groups is 2. The van der Waals surface area contributed by atoms with Gasteiger partial charge in [0.25, 0.3) is 0 Å². The van der Waals surface area contributed by atoms with Crippen molar-refractivity contribution in [1.29, 1.82) is 5.26 Å². The zero-order chi connectivity index (χ0) is 25.8. The van der Waals surface area contributed by atoms with E-state index in [4.69, 9.17) is 0 Å². The van der Waals surface area contributed by atoms with Crippen LogP contribution in [0.3, 0.4) is 0 Å². The van der Waals surface area contributed by atoms with Crippen molar-refractivity contribution in [2.45, 2.75) is 92.9 Å². The number of aliphatic carboxylic acids is 1. The van der Waals surface area contributed by atoms with Gasteiger partial charge in [0, 0.05) is 5.41 Å². The van der Waals surface area contributed by atoms with Crippen LogP contribution in [0.15, 0.2) is 23.8 Å². The number of Topliss-reactive ketones (excluding diaryl/α,β-unsaturated/α-hetero) is 1. The van der Waals surface area contributed by atoms with Crippen LogP contribution in [-0.4, -0.2) is 16.9 Å². The highest BCUT2D eigenvalue weighted by molar-refractivity contribution is 6.04. The molecule has 0 bridgehead atoms. The van der Waals surface area contributed by atoms with Gasteiger partial charge in [-0.15, -0.1) is 0 Å². The smallest absolute Gasteiger partial charge is 0.309 e. The average Bonchev–Trinajstić information content (AvgIpc) is 3.18. The molecule has 5 aliphatic rings. The van der Waals surface area contributed by atoms with E-state index >= 15 is 0 Å². The Balaban J connectivity index is 1.62. The second-order valence-corrected chi connectivity index (χ2v) is 14.2. The molecule has 190 valence electrons. The fraction of sp³-hybridized carbons (Fsp3) is 0.774. The van der Waals surface area contributed by atoms with Crippen molar-refractivity contribution in [3.63, 3.8) is 0 Å². The van der Waals surface area contributed by atoms with E-state index in [2.05, 4.69) is 60.3 Å². The fourth-order valence-corrected chi connectivity index (χ4v) is 11.1. The lowest BCUT2D eigenvalue weighted by molar-refractivity contribution is -0.221. The Morgan fingerprint density at radius 1 is 1.00 bits per heavy atom. The van der Waals surface area contributed by atoms with Gasteiger partial charge in [-0.3, -0.25) is 9.59 Å². The summed E-state index contributed by atoms with van der Waals surface area (Å²) in [5.41, 5.74) is 0.241. The van der Waals surface area contributed by atoms with Gasteiger partial charge in [0.1, 0.15) is 6.07 Å². The second-order valence-electron chi connectivity index (χ2n) is 14.2. The number of nitrogens with zero attached hydrogens (tertiary/aromatic N) is 1. The molecular weight excluding hydrogens is 434 g/mol. The monoisotopic (exact) mass is 477 g/mol. The molecule has 0 radical (unpaired) electrons. The van der Waals surface area contributed by atoms with Crippen molar-refractivity contribution in [3.8, 4) is 6.07 Å². The summed E-state index contributed by atoms with van der Waals surface area (Å²) in [6.07, 6.45) is 9.63. The number of carboxylic acid groups (broad SMARTS) is 1. The molecule has 0 heterocycles. The molecule has 4 heteroatoms. The molecule has 0 aliphatic heterocycles. The van der Waals surface area contributed by atoms with E-state index in [1.54, 1.807) is 0 Å². The maximum absolute atomic E-state index is 13.2. The molecule has 0 spiro atoms. The molecule has 0 aromatic rings. The number of allylic oxidation sites excluding steroid dienone is 3. The predicted molar refractivity (Wildman–Crippen MR) is 136 cm³/mol. The minimum absolute atomic E-state index is 0.00476. The minimum atomic E-state index is -0.606. The van der Waals surface area contributed by atoms with Crippen LogP contribution in [0.2, 0.25) is 0 Å². The highest BCUT2D eigenvalue weighted by Gasteiger charge is 2.72. The number of ketones is 1. The average molecular weight is 478 g/mol. The first kappa shape index (κ1) is 24.8. The maximum atomic E-state index is 13.2. The van der Waals surface area contributed by atoms with Gasteiger partial charge in [0.05, 0.1) is 11.0 Å². The van der Waals surface area contributed by atoms with Crippen LogP contribution in [0, 0.1) is 68.0 Å². The Morgan fingerprint density at radius 3 is 2.29 bits per heavy atom. The van der Waals surface area contributed by atoms with Gasteiger partial charge < -0.3 is 5.11 Å². The van der Waals surface area contributed by atoms with Gasteiger partial charge >= 0.3 is 5.97 Å². The molecule has 0 aromatic heterocycles. The van der Waals surface area contributed by atoms with Gasteiger partial charge in [0.2, 0.25) is 0 Å². The standard InChI is InChI=1S/C31H43NO3/c1-18(2)20-10-13-31(26(34)35)15-14-29(6)21(24(20)31)8-9-23-28(5)16-19(17-32)25(33)27(3,4)22(28)11-12-30(23,29)7/h16,20-24H,1,8-15H2,2-7H3,(H,34,35)/t20-,21?,22?,23?,24?,28-,29+,30+,31-/m0/s1. The highest BCUT2D eigenvalue weighted by atomic mass is 16.4. The van der Waals surface area contributed by atoms with Crippen LogP contribution >= 0.6 is 0 Å². The Morgan fingerprint density at radius 2 is 1.69 bits per heavy atom. The van der Waals surface area contributed by atoms with E-state index < -0.39 is 16.8 Å². The summed E-state index contributed by atoms with van der Waals surface area (Å²) in [7, 11) is 0. The Kier molecular flexibility index (Phi) is 5.19. The summed E-state index contributed by atoms with van der Waals surface area (Å²) in [6, 6.07) is 2.24. The van der Waals surface area contributed by atoms with Gasteiger partial charge in [-0.05, 0) is 104 Å². The summed E-state index contributed by atoms with van der Waals surface area (Å²) in [4.78, 5) is 26.0. The Labute approximate surface area is 211 Å². The minimum Gasteiger partial charge on any atom is -0.481 e. The molecule has 4 unspecified atom stereocenters. The number of hydrogen-bond donors (Lipinski definition) is 1. The van der Waals surface area contributed by atoms with Crippen LogP contribution in [-0.2, 0) is 9.59 Å². The number of fused-ring (bicyclic) bond motifs is 7. The third-order valence-corrected chi connectivity index (χ3v) is 12.9. The second kappa shape index (κ2) is 7.33. The molecule has 35 heavy (non-hydrogen) atoms. The van der Waals surface area contributed by atoms with Crippen molar-refractivity contribution in [2.75, 3.05) is 0 Å². The summed E-state index contributed by atoms with van der Waals surface area (Å²) in [5, 5.41) is 20.4. The summed E-state index contributed by atoms with van der Waals surface area (Å²) in [5.74, 6) is 0.848. The van der Waals surface area contributed by atoms with Crippen molar-refractivity contribution >= 4 is 11.8 Å². The lowest BCUT2D eigenvalue weighted by atomic mass is 9.32. The fourth-order valence-electron chi connectivity index (χ4n) is 11.1. The van der Waals surface area contributed by atoms with E-state index in [-0.39, 0.29) is 33.9 Å². The van der Waals surface area contributed by atoms with Crippen molar-refractivity contribution in [1.82, 2.24) is 0 Å². The number of carboxylic acids is 1. The maximum Gasteiger partial charge on any atom is 0.309 e. The lowest BCUT2D eigenvalue weighted by Crippen LogP contribution is -2.66. The lowest BCUT2D eigenvalue weighted by Gasteiger charge is -2.71. The van der Waals surface area contributed by atoms with Gasteiger partial charge in [-0.2, -0.15) is 5.26 Å². The molecule has 0 saturated heterocycles. The van der Waals surface area contributed by atoms with Crippen LogP contribution in [0.25, 0.3) is 0 Å². The zero-order valence-corrected chi connectivity index (χ0v) is 22.5. The summed E-state index contributed by atoms with van der Waals surface area (Å²) in [6.45, 7) is 17.8. The first-order valence-electron chi connectivity index (χ1n) is 13.8. The molecule has 0 amide bonds. The molecule has 0 aromatic carbocycles. The number of nitriles is 1. The first-order chi connectivity index (χ1) is 16.2. The molecule has 5 rings (SSSR count). The topological polar surface area (TPSA) is 78.2 Å². The van der Waals surface area contributed by atoms with Gasteiger partial charge in [0.15, 0.2) is 5.78 Å². The largest absolute Gasteiger partial charge is 0.481 e. The molecular formula is C31H43NO3. The molecule has 4 fully saturated rings. The molecule has 9 atom stereocenters. The van der Waals surface area contributed by atoms with E-state index in [0.717, 1.165) is 56.9 Å². The van der Waals surface area contributed by atoms with Crippen molar-refractivity contribution < 1.29 is 14.7 Å². The summed E-state index contributed by atoms with van der Waals surface area (Å²) >= 11 is 0. The normalized spacial score (nSPS) is 50.0. The van der Waals surface area contributed by atoms with Gasteiger partial charge in [-0.1, -0.05) is 52.8 Å². The SMILES string of the molecule is C=C(C)[C@@H]1CC[C@]2(C(=O)O)CC[C@]3(C)C(CCC4[C@@]5(C)C=C(C#N)C(=O)C(C)(C)C5CC[C@]43C)C12. The Bertz CT molecular complexity index is 1080. The van der Waals surface area contributed by atoms with E-state index in [9.17, 15) is 20.0 Å². The molecule has 4 saturated carbocycles. The number of carbonyl (C=O) groups excluding carboxylic acids is 1. The first-order valence-corrected chi connectivity index (χ1v) is 13.8. The van der Waals surface area contributed by atoms with Crippen molar-refractivity contribution in [2.24, 2.45) is 56.7 Å². The van der Waals surface area contributed by atoms with Gasteiger partial charge in [-0.25, -0.2) is 0 Å². The zero-order valence-electron chi connectivity index (χ0n) is 22.5. The van der Waals surface area contributed by atoms with E-state index in [1.807, 2.05) is 0 Å². The molecule has 4 nitrogen and oxygen atoms in total. The van der Waals surface area contributed by atoms with Crippen molar-refractivity contribution in [3.05, 3.63) is 23.8 Å². The summed E-state index contributed by atoms with van der Waals surface area (Å²) < 4.78 is 0. The van der Waals surface area contributed by atoms with Crippen LogP contribution in [0.1, 0.15) is 92.9 Å². The van der Waals surface area contributed by atoms with E-state index in [1.165, 1.54) is 0 Å². The van der Waals surface area contributed by atoms with Crippen LogP contribution < -0.4 is 0 Å². The third kappa shape index (κ3) is 2.79.